The summed E-state index contributed by atoms with van der Waals surface area (Å²) in [5.41, 5.74) is 7.71. The molecule has 3 nitrogen and oxygen atoms in total. The first-order chi connectivity index (χ1) is 10.1. The summed E-state index contributed by atoms with van der Waals surface area (Å²) in [6.45, 7) is 3.76. The van der Waals surface area contributed by atoms with Gasteiger partial charge >= 0.3 is 0 Å². The lowest BCUT2D eigenvalue weighted by atomic mass is 9.77. The Balaban J connectivity index is 1.82. The van der Waals surface area contributed by atoms with E-state index in [1.165, 1.54) is 25.7 Å². The minimum absolute atomic E-state index is 0.0732. The Morgan fingerprint density at radius 2 is 1.71 bits per heavy atom. The third-order valence-corrected chi connectivity index (χ3v) is 5.48. The standard InChI is InChI=1S/C17H24BrNO2/c1-11-3-5-12(6-4-11)17(19)13-9-15-16(10-14(13)18)21-8-2-7-20-15/h9-12,17H,2-8,19H2,1H3. The fourth-order valence-corrected chi connectivity index (χ4v) is 3.94. The highest BCUT2D eigenvalue weighted by atomic mass is 79.9. The smallest absolute Gasteiger partial charge is 0.162 e. The van der Waals surface area contributed by atoms with Gasteiger partial charge in [-0.1, -0.05) is 35.7 Å². The van der Waals surface area contributed by atoms with Crippen molar-refractivity contribution in [2.75, 3.05) is 13.2 Å². The Hall–Kier alpha value is -0.740. The third-order valence-electron chi connectivity index (χ3n) is 4.79. The molecule has 1 atom stereocenters. The highest BCUT2D eigenvalue weighted by molar-refractivity contribution is 9.10. The van der Waals surface area contributed by atoms with E-state index in [-0.39, 0.29) is 6.04 Å². The minimum atomic E-state index is 0.0732. The van der Waals surface area contributed by atoms with Crippen molar-refractivity contribution in [3.63, 3.8) is 0 Å². The molecule has 1 aliphatic carbocycles. The van der Waals surface area contributed by atoms with E-state index in [1.807, 2.05) is 6.07 Å². The molecular formula is C17H24BrNO2. The lowest BCUT2D eigenvalue weighted by Crippen LogP contribution is -2.25. The lowest BCUT2D eigenvalue weighted by Gasteiger charge is -2.31. The molecule has 0 spiro atoms. The highest BCUT2D eigenvalue weighted by Gasteiger charge is 2.27. The van der Waals surface area contributed by atoms with Crippen LogP contribution in [-0.4, -0.2) is 13.2 Å². The summed E-state index contributed by atoms with van der Waals surface area (Å²) in [6, 6.07) is 4.17. The van der Waals surface area contributed by atoms with Gasteiger partial charge in [0.05, 0.1) is 13.2 Å². The van der Waals surface area contributed by atoms with E-state index in [9.17, 15) is 0 Å². The number of hydrogen-bond acceptors (Lipinski definition) is 3. The van der Waals surface area contributed by atoms with Crippen LogP contribution >= 0.6 is 15.9 Å². The van der Waals surface area contributed by atoms with Crippen LogP contribution in [0.3, 0.4) is 0 Å². The molecule has 4 heteroatoms. The lowest BCUT2D eigenvalue weighted by molar-refractivity contribution is 0.255. The van der Waals surface area contributed by atoms with E-state index < -0.39 is 0 Å². The van der Waals surface area contributed by atoms with Crippen LogP contribution in [0.2, 0.25) is 0 Å². The van der Waals surface area contributed by atoms with Crippen molar-refractivity contribution in [3.05, 3.63) is 22.2 Å². The molecule has 0 amide bonds. The van der Waals surface area contributed by atoms with Gasteiger partial charge in [-0.3, -0.25) is 0 Å². The normalized spacial score (nSPS) is 27.0. The number of fused-ring (bicyclic) bond motifs is 1. The molecule has 1 unspecified atom stereocenters. The van der Waals surface area contributed by atoms with Gasteiger partial charge in [-0.05, 0) is 42.4 Å². The average molecular weight is 354 g/mol. The summed E-state index contributed by atoms with van der Waals surface area (Å²) in [5.74, 6) is 3.08. The van der Waals surface area contributed by atoms with E-state index in [0.29, 0.717) is 19.1 Å². The van der Waals surface area contributed by atoms with Crippen LogP contribution in [0.1, 0.15) is 50.6 Å². The Kier molecular flexibility index (Phi) is 4.75. The fraction of sp³-hybridized carbons (Fsp3) is 0.647. The van der Waals surface area contributed by atoms with Crippen molar-refractivity contribution in [1.29, 1.82) is 0 Å². The molecular weight excluding hydrogens is 330 g/mol. The van der Waals surface area contributed by atoms with Gasteiger partial charge in [0.15, 0.2) is 11.5 Å². The second-order valence-corrected chi connectivity index (χ2v) is 7.27. The monoisotopic (exact) mass is 353 g/mol. The Labute approximate surface area is 135 Å². The maximum absolute atomic E-state index is 6.56. The molecule has 1 aromatic carbocycles. The number of ether oxygens (including phenoxy) is 2. The molecule has 1 aromatic rings. The molecule has 1 fully saturated rings. The van der Waals surface area contributed by atoms with E-state index >= 15 is 0 Å². The summed E-state index contributed by atoms with van der Waals surface area (Å²) in [5, 5.41) is 0. The van der Waals surface area contributed by atoms with E-state index in [1.54, 1.807) is 0 Å². The van der Waals surface area contributed by atoms with Crippen LogP contribution in [0.5, 0.6) is 11.5 Å². The zero-order chi connectivity index (χ0) is 14.8. The maximum atomic E-state index is 6.56. The van der Waals surface area contributed by atoms with Crippen molar-refractivity contribution < 1.29 is 9.47 Å². The fourth-order valence-electron chi connectivity index (χ4n) is 3.35. The number of benzene rings is 1. The third kappa shape index (κ3) is 3.37. The largest absolute Gasteiger partial charge is 0.490 e. The zero-order valence-corrected chi connectivity index (χ0v) is 14.2. The number of hydrogen-bond donors (Lipinski definition) is 1. The molecule has 1 aliphatic heterocycles. The van der Waals surface area contributed by atoms with Crippen molar-refractivity contribution >= 4 is 15.9 Å². The van der Waals surface area contributed by atoms with Gasteiger partial charge in [0.1, 0.15) is 0 Å². The van der Waals surface area contributed by atoms with Gasteiger partial charge in [-0.25, -0.2) is 0 Å². The van der Waals surface area contributed by atoms with E-state index in [0.717, 1.165) is 33.9 Å². The summed E-state index contributed by atoms with van der Waals surface area (Å²) < 4.78 is 12.6. The molecule has 0 bridgehead atoms. The van der Waals surface area contributed by atoms with Crippen LogP contribution in [0.25, 0.3) is 0 Å². The van der Waals surface area contributed by atoms with Crippen LogP contribution in [0.15, 0.2) is 16.6 Å². The van der Waals surface area contributed by atoms with Gasteiger partial charge in [0, 0.05) is 16.9 Å². The molecule has 116 valence electrons. The van der Waals surface area contributed by atoms with Gasteiger partial charge in [0.2, 0.25) is 0 Å². The minimum Gasteiger partial charge on any atom is -0.490 e. The quantitative estimate of drug-likeness (QED) is 0.854. The molecule has 21 heavy (non-hydrogen) atoms. The Morgan fingerprint density at radius 1 is 1.10 bits per heavy atom. The SMILES string of the molecule is CC1CCC(C(N)c2cc3c(cc2Br)OCCCO3)CC1. The molecule has 2 aliphatic rings. The predicted molar refractivity (Wildman–Crippen MR) is 87.8 cm³/mol. The molecule has 0 saturated heterocycles. The molecule has 0 radical (unpaired) electrons. The number of halogens is 1. The van der Waals surface area contributed by atoms with E-state index in [2.05, 4.69) is 28.9 Å². The van der Waals surface area contributed by atoms with Gasteiger partial charge in [0.25, 0.3) is 0 Å². The van der Waals surface area contributed by atoms with E-state index in [4.69, 9.17) is 15.2 Å². The van der Waals surface area contributed by atoms with Crippen LogP contribution in [-0.2, 0) is 0 Å². The summed E-state index contributed by atoms with van der Waals surface area (Å²) in [6.07, 6.45) is 5.96. The average Bonchev–Trinajstić information content (AvgIpc) is 2.71. The van der Waals surface area contributed by atoms with Crippen molar-refractivity contribution in [3.8, 4) is 11.5 Å². The van der Waals surface area contributed by atoms with Crippen LogP contribution in [0.4, 0.5) is 0 Å². The number of nitrogens with two attached hydrogens (primary N) is 1. The predicted octanol–water partition coefficient (Wildman–Crippen LogP) is 4.44. The van der Waals surface area contributed by atoms with Crippen molar-refractivity contribution in [1.82, 2.24) is 0 Å². The van der Waals surface area contributed by atoms with Crippen molar-refractivity contribution in [2.24, 2.45) is 17.6 Å². The molecule has 3 rings (SSSR count). The first-order valence-corrected chi connectivity index (χ1v) is 8.79. The van der Waals surface area contributed by atoms with Gasteiger partial charge < -0.3 is 15.2 Å². The summed E-state index contributed by atoms with van der Waals surface area (Å²) >= 11 is 3.66. The Bertz CT molecular complexity index is 498. The highest BCUT2D eigenvalue weighted by Crippen LogP contribution is 2.42. The second-order valence-electron chi connectivity index (χ2n) is 6.42. The maximum Gasteiger partial charge on any atom is 0.162 e. The second kappa shape index (κ2) is 6.57. The number of rotatable bonds is 2. The first-order valence-electron chi connectivity index (χ1n) is 7.99. The van der Waals surface area contributed by atoms with Crippen LogP contribution in [0, 0.1) is 11.8 Å². The molecule has 0 aromatic heterocycles. The van der Waals surface area contributed by atoms with Crippen molar-refractivity contribution in [2.45, 2.75) is 45.1 Å². The van der Waals surface area contributed by atoms with Gasteiger partial charge in [-0.2, -0.15) is 0 Å². The summed E-state index contributed by atoms with van der Waals surface area (Å²) in [4.78, 5) is 0. The zero-order valence-electron chi connectivity index (χ0n) is 12.6. The molecule has 1 heterocycles. The first kappa shape index (κ1) is 15.2. The summed E-state index contributed by atoms with van der Waals surface area (Å²) in [7, 11) is 0. The molecule has 1 saturated carbocycles. The van der Waals surface area contributed by atoms with Crippen LogP contribution < -0.4 is 15.2 Å². The van der Waals surface area contributed by atoms with Gasteiger partial charge in [-0.15, -0.1) is 0 Å². The topological polar surface area (TPSA) is 44.5 Å². The Morgan fingerprint density at radius 3 is 2.38 bits per heavy atom. The molecule has 2 N–H and O–H groups in total.